The molecule has 0 spiro atoms. The van der Waals surface area contributed by atoms with Crippen LogP contribution in [0.1, 0.15) is 22.3 Å². The van der Waals surface area contributed by atoms with E-state index in [4.69, 9.17) is 19.7 Å². The van der Waals surface area contributed by atoms with E-state index in [-0.39, 0.29) is 13.2 Å². The molecule has 0 atom stereocenters. The maximum absolute atomic E-state index is 9.15. The van der Waals surface area contributed by atoms with Crippen LogP contribution in [0.3, 0.4) is 0 Å². The summed E-state index contributed by atoms with van der Waals surface area (Å²) in [5, 5.41) is 18.3. The van der Waals surface area contributed by atoms with Crippen LogP contribution in [0.15, 0.2) is 36.4 Å². The normalized spacial score (nSPS) is 17.0. The van der Waals surface area contributed by atoms with Crippen molar-refractivity contribution < 1.29 is 19.7 Å². The van der Waals surface area contributed by atoms with Crippen LogP contribution in [0, 0.1) is 0 Å². The zero-order valence-electron chi connectivity index (χ0n) is 15.4. The van der Waals surface area contributed by atoms with Gasteiger partial charge >= 0.3 is 0 Å². The summed E-state index contributed by atoms with van der Waals surface area (Å²) in [6, 6.07) is 12.6. The molecule has 144 valence electrons. The first-order valence-electron chi connectivity index (χ1n) is 9.41. The highest BCUT2D eigenvalue weighted by Gasteiger charge is 2.21. The summed E-state index contributed by atoms with van der Waals surface area (Å²) in [5.41, 5.74) is 4.73. The van der Waals surface area contributed by atoms with Crippen molar-refractivity contribution in [2.24, 2.45) is 0 Å². The fourth-order valence-corrected chi connectivity index (χ4v) is 3.77. The van der Waals surface area contributed by atoms with Crippen LogP contribution in [0.4, 0.5) is 0 Å². The van der Waals surface area contributed by atoms with Crippen LogP contribution in [0.2, 0.25) is 0 Å². The minimum absolute atomic E-state index is 0.138. The van der Waals surface area contributed by atoms with Crippen molar-refractivity contribution in [1.29, 1.82) is 0 Å². The predicted octanol–water partition coefficient (Wildman–Crippen LogP) is 1.57. The number of fused-ring (bicyclic) bond motifs is 2. The molecule has 2 aliphatic rings. The molecule has 6 nitrogen and oxygen atoms in total. The van der Waals surface area contributed by atoms with Gasteiger partial charge in [-0.2, -0.15) is 0 Å². The number of benzene rings is 2. The van der Waals surface area contributed by atoms with Crippen LogP contribution in [0.5, 0.6) is 11.5 Å². The Morgan fingerprint density at radius 3 is 2.37 bits per heavy atom. The molecule has 2 heterocycles. The second-order valence-electron chi connectivity index (χ2n) is 7.12. The third kappa shape index (κ3) is 4.09. The van der Waals surface area contributed by atoms with E-state index in [9.17, 15) is 0 Å². The van der Waals surface area contributed by atoms with E-state index in [1.807, 2.05) is 6.07 Å². The maximum atomic E-state index is 9.15. The van der Waals surface area contributed by atoms with Gasteiger partial charge in [0.25, 0.3) is 0 Å². The monoisotopic (exact) mass is 370 g/mol. The second-order valence-corrected chi connectivity index (χ2v) is 7.12. The number of hydrogen-bond donors (Lipinski definition) is 2. The Morgan fingerprint density at radius 1 is 0.852 bits per heavy atom. The van der Waals surface area contributed by atoms with Gasteiger partial charge in [-0.05, 0) is 17.2 Å². The number of β-amino-alcohol motifs (C(OH)–C–C–N with tert-alkyl or cyclic N) is 2. The van der Waals surface area contributed by atoms with Crippen LogP contribution < -0.4 is 9.47 Å². The van der Waals surface area contributed by atoms with Gasteiger partial charge in [0.2, 0.25) is 0 Å². The van der Waals surface area contributed by atoms with Gasteiger partial charge in [0.05, 0.1) is 13.2 Å². The van der Waals surface area contributed by atoms with E-state index in [2.05, 4.69) is 40.1 Å². The van der Waals surface area contributed by atoms with Gasteiger partial charge in [-0.1, -0.05) is 30.3 Å². The number of rotatable bonds is 6. The Balaban J connectivity index is 1.52. The third-order valence-corrected chi connectivity index (χ3v) is 5.11. The van der Waals surface area contributed by atoms with Gasteiger partial charge in [-0.3, -0.25) is 9.80 Å². The topological polar surface area (TPSA) is 65.4 Å². The van der Waals surface area contributed by atoms with E-state index in [1.54, 1.807) is 0 Å². The zero-order chi connectivity index (χ0) is 18.6. The predicted molar refractivity (Wildman–Crippen MR) is 102 cm³/mol. The molecule has 0 fully saturated rings. The summed E-state index contributed by atoms with van der Waals surface area (Å²) >= 11 is 0. The van der Waals surface area contributed by atoms with Crippen molar-refractivity contribution in [3.8, 4) is 11.5 Å². The summed E-state index contributed by atoms with van der Waals surface area (Å²) < 4.78 is 11.8. The van der Waals surface area contributed by atoms with E-state index < -0.39 is 0 Å². The molecular weight excluding hydrogens is 344 g/mol. The molecule has 0 aliphatic carbocycles. The number of ether oxygens (including phenoxy) is 2. The van der Waals surface area contributed by atoms with Crippen LogP contribution in [0.25, 0.3) is 0 Å². The number of nitrogens with zero attached hydrogens (tertiary/aromatic N) is 2. The molecule has 0 aromatic heterocycles. The molecule has 4 rings (SSSR count). The Hall–Kier alpha value is -2.12. The van der Waals surface area contributed by atoms with E-state index in [0.717, 1.165) is 36.6 Å². The van der Waals surface area contributed by atoms with Crippen molar-refractivity contribution in [2.45, 2.75) is 19.5 Å². The number of hydrogen-bond acceptors (Lipinski definition) is 6. The molecule has 0 saturated carbocycles. The van der Waals surface area contributed by atoms with Gasteiger partial charge in [-0.25, -0.2) is 0 Å². The Morgan fingerprint density at radius 2 is 1.59 bits per heavy atom. The molecule has 2 aromatic rings. The maximum Gasteiger partial charge on any atom is 0.142 e. The van der Waals surface area contributed by atoms with E-state index in [1.165, 1.54) is 16.7 Å². The summed E-state index contributed by atoms with van der Waals surface area (Å²) in [6.07, 6.45) is 0.802. The van der Waals surface area contributed by atoms with Crippen molar-refractivity contribution >= 4 is 0 Å². The standard InChI is InChI=1S/C21H26N2O4/c24-8-6-22-12-18-3-1-2-17(21(18)27-15-22)10-16-4-5-20-19(11-16)13-23(7-9-25)14-26-20/h1-5,11,24-25H,6-10,12-15H2. The first kappa shape index (κ1) is 18.3. The number of aliphatic hydroxyl groups is 2. The Kier molecular flexibility index (Phi) is 5.59. The first-order valence-corrected chi connectivity index (χ1v) is 9.41. The van der Waals surface area contributed by atoms with Crippen molar-refractivity contribution in [3.05, 3.63) is 58.7 Å². The summed E-state index contributed by atoms with van der Waals surface area (Å²) in [7, 11) is 0. The quantitative estimate of drug-likeness (QED) is 0.805. The molecule has 0 saturated heterocycles. The lowest BCUT2D eigenvalue weighted by atomic mass is 9.98. The summed E-state index contributed by atoms with van der Waals surface area (Å²) in [4.78, 5) is 4.19. The highest BCUT2D eigenvalue weighted by molar-refractivity contribution is 5.46. The number of para-hydroxylation sites is 1. The lowest BCUT2D eigenvalue weighted by molar-refractivity contribution is 0.0763. The van der Waals surface area contributed by atoms with Gasteiger partial charge in [0.15, 0.2) is 0 Å². The highest BCUT2D eigenvalue weighted by atomic mass is 16.5. The minimum Gasteiger partial charge on any atom is -0.478 e. The summed E-state index contributed by atoms with van der Waals surface area (Å²) in [5.74, 6) is 1.90. The molecule has 0 amide bonds. The smallest absolute Gasteiger partial charge is 0.142 e. The SMILES string of the molecule is OCCN1COc2ccc(Cc3cccc4c3OCN(CCO)C4)cc2C1. The lowest BCUT2D eigenvalue weighted by Crippen LogP contribution is -2.34. The van der Waals surface area contributed by atoms with Crippen LogP contribution in [-0.2, 0) is 19.5 Å². The van der Waals surface area contributed by atoms with Crippen LogP contribution >= 0.6 is 0 Å². The minimum atomic E-state index is 0.138. The molecule has 2 aliphatic heterocycles. The molecule has 0 bridgehead atoms. The third-order valence-electron chi connectivity index (χ3n) is 5.11. The molecule has 0 radical (unpaired) electrons. The van der Waals surface area contributed by atoms with Crippen LogP contribution in [-0.4, -0.2) is 59.8 Å². The van der Waals surface area contributed by atoms with Crippen molar-refractivity contribution in [1.82, 2.24) is 9.80 Å². The zero-order valence-corrected chi connectivity index (χ0v) is 15.4. The number of aliphatic hydroxyl groups excluding tert-OH is 2. The van der Waals surface area contributed by atoms with Crippen molar-refractivity contribution in [2.75, 3.05) is 39.8 Å². The van der Waals surface area contributed by atoms with E-state index >= 15 is 0 Å². The van der Waals surface area contributed by atoms with Gasteiger partial charge in [0.1, 0.15) is 25.0 Å². The highest BCUT2D eigenvalue weighted by Crippen LogP contribution is 2.32. The van der Waals surface area contributed by atoms with Gasteiger partial charge in [0, 0.05) is 43.7 Å². The molecular formula is C21H26N2O4. The fourth-order valence-electron chi connectivity index (χ4n) is 3.77. The lowest BCUT2D eigenvalue weighted by Gasteiger charge is -2.30. The average molecular weight is 370 g/mol. The molecule has 0 unspecified atom stereocenters. The van der Waals surface area contributed by atoms with Gasteiger partial charge in [-0.15, -0.1) is 0 Å². The van der Waals surface area contributed by atoms with Crippen molar-refractivity contribution in [3.63, 3.8) is 0 Å². The molecule has 2 aromatic carbocycles. The summed E-state index contributed by atoms with van der Waals surface area (Å²) in [6.45, 7) is 4.16. The van der Waals surface area contributed by atoms with E-state index in [0.29, 0.717) is 26.6 Å². The van der Waals surface area contributed by atoms with Gasteiger partial charge < -0.3 is 19.7 Å². The molecule has 6 heteroatoms. The first-order chi connectivity index (χ1) is 13.3. The molecule has 27 heavy (non-hydrogen) atoms. The largest absolute Gasteiger partial charge is 0.478 e. The molecule has 2 N–H and O–H groups in total. The Bertz CT molecular complexity index is 796. The fraction of sp³-hybridized carbons (Fsp3) is 0.429. The Labute approximate surface area is 159 Å². The second kappa shape index (κ2) is 8.27. The average Bonchev–Trinajstić information content (AvgIpc) is 2.68.